The predicted octanol–water partition coefficient (Wildman–Crippen LogP) is 5.03. The Balaban J connectivity index is 1.63. The molecule has 0 aromatic heterocycles. The zero-order valence-corrected chi connectivity index (χ0v) is 21.4. The number of rotatable bonds is 4. The van der Waals surface area contributed by atoms with Crippen LogP contribution in [0.4, 0.5) is 14.9 Å². The highest BCUT2D eigenvalue weighted by molar-refractivity contribution is 8.06. The normalized spacial score (nSPS) is 17.1. The van der Waals surface area contributed by atoms with Crippen LogP contribution in [0.2, 0.25) is 5.02 Å². The smallest absolute Gasteiger partial charge is 0.317 e. The lowest BCUT2D eigenvalue weighted by Crippen LogP contribution is -2.54. The summed E-state index contributed by atoms with van der Waals surface area (Å²) in [5.41, 5.74) is 2.10. The fourth-order valence-corrected chi connectivity index (χ4v) is 5.19. The van der Waals surface area contributed by atoms with Crippen molar-refractivity contribution in [3.8, 4) is 6.07 Å². The Kier molecular flexibility index (Phi) is 7.87. The number of nitrogens with one attached hydrogen (secondary N) is 1. The largest absolute Gasteiger partial charge is 0.336 e. The van der Waals surface area contributed by atoms with Gasteiger partial charge in [0.05, 0.1) is 5.70 Å². The quantitative estimate of drug-likeness (QED) is 0.447. The zero-order chi connectivity index (χ0) is 25.8. The van der Waals surface area contributed by atoms with E-state index in [-0.39, 0.29) is 23.5 Å². The Morgan fingerprint density at radius 2 is 1.75 bits per heavy atom. The average Bonchev–Trinajstić information content (AvgIpc) is 3.29. The molecule has 1 saturated heterocycles. The number of hydrogen-bond acceptors (Lipinski definition) is 5. The maximum absolute atomic E-state index is 13.6. The third-order valence-electron chi connectivity index (χ3n) is 5.74. The lowest BCUT2D eigenvalue weighted by molar-refractivity contribution is -0.128. The molecule has 10 heteroatoms. The molecule has 0 aliphatic carbocycles. The molecule has 2 aromatic carbocycles. The molecule has 2 aliphatic heterocycles. The first kappa shape index (κ1) is 25.6. The van der Waals surface area contributed by atoms with Crippen molar-refractivity contribution in [2.75, 3.05) is 31.1 Å². The van der Waals surface area contributed by atoms with E-state index in [0.717, 1.165) is 5.56 Å². The Labute approximate surface area is 218 Å². The van der Waals surface area contributed by atoms with Crippen molar-refractivity contribution in [2.45, 2.75) is 19.9 Å². The van der Waals surface area contributed by atoms with Crippen molar-refractivity contribution in [1.29, 1.82) is 5.26 Å². The molecule has 0 radical (unpaired) electrons. The summed E-state index contributed by atoms with van der Waals surface area (Å²) in [6.45, 7) is 5.18. The summed E-state index contributed by atoms with van der Waals surface area (Å²) in [5.74, 6) is -0.756. The molecule has 0 atom stereocenters. The van der Waals surface area contributed by atoms with E-state index < -0.39 is 5.91 Å². The number of anilines is 1. The molecule has 0 spiro atoms. The molecule has 1 N–H and O–H groups in total. The number of amides is 3. The van der Waals surface area contributed by atoms with Gasteiger partial charge in [0.2, 0.25) is 0 Å². The van der Waals surface area contributed by atoms with Gasteiger partial charge < -0.3 is 20.0 Å². The molecular formula is C26H25ClFN5O2S. The van der Waals surface area contributed by atoms with Crippen LogP contribution in [0.3, 0.4) is 0 Å². The molecule has 2 aliphatic rings. The topological polar surface area (TPSA) is 79.7 Å². The van der Waals surface area contributed by atoms with Gasteiger partial charge in [-0.05, 0) is 61.9 Å². The Morgan fingerprint density at radius 3 is 2.36 bits per heavy atom. The third-order valence-corrected chi connectivity index (χ3v) is 6.92. The van der Waals surface area contributed by atoms with Gasteiger partial charge in [0, 0.05) is 48.3 Å². The number of carbonyl (C=O) groups excluding carboxylic acids is 2. The lowest BCUT2D eigenvalue weighted by atomic mass is 10.1. The highest BCUT2D eigenvalue weighted by Crippen LogP contribution is 2.45. The fraction of sp³-hybridized carbons (Fsp3) is 0.269. The van der Waals surface area contributed by atoms with E-state index in [9.17, 15) is 19.2 Å². The van der Waals surface area contributed by atoms with E-state index in [0.29, 0.717) is 47.6 Å². The number of piperazine rings is 1. The van der Waals surface area contributed by atoms with Gasteiger partial charge in [0.15, 0.2) is 0 Å². The van der Waals surface area contributed by atoms with E-state index in [1.165, 1.54) is 23.9 Å². The monoisotopic (exact) mass is 525 g/mol. The second-order valence-electron chi connectivity index (χ2n) is 8.62. The standard InChI is InChI=1S/C26H25ClFN5O2S/c1-17(2)30-26(35)32-12-10-31(11-13-32)24(34)22(15-29)25-33(21-5-3-4-19(27)14-21)23(16-36-25)18-6-8-20(28)9-7-18/h3-9,14,16-17H,10-13H2,1-2H3,(H,30,35)/b25-22-. The van der Waals surface area contributed by atoms with E-state index in [4.69, 9.17) is 11.6 Å². The molecule has 0 saturated carbocycles. The number of hydrogen-bond donors (Lipinski definition) is 1. The van der Waals surface area contributed by atoms with Gasteiger partial charge in [0.25, 0.3) is 5.91 Å². The van der Waals surface area contributed by atoms with Gasteiger partial charge in [-0.15, -0.1) is 0 Å². The highest BCUT2D eigenvalue weighted by Gasteiger charge is 2.33. The van der Waals surface area contributed by atoms with Crippen LogP contribution in [-0.4, -0.2) is 54.0 Å². The number of nitrogens with zero attached hydrogens (tertiary/aromatic N) is 4. The molecule has 1 fully saturated rings. The number of nitriles is 1. The zero-order valence-electron chi connectivity index (χ0n) is 19.9. The second-order valence-corrected chi connectivity index (χ2v) is 9.91. The first-order chi connectivity index (χ1) is 17.3. The van der Waals surface area contributed by atoms with E-state index in [2.05, 4.69) is 11.4 Å². The molecule has 2 aromatic rings. The third kappa shape index (κ3) is 5.50. The molecule has 36 heavy (non-hydrogen) atoms. The van der Waals surface area contributed by atoms with Gasteiger partial charge >= 0.3 is 6.03 Å². The Hall–Kier alpha value is -3.48. The van der Waals surface area contributed by atoms with E-state index in [1.54, 1.807) is 45.0 Å². The fourth-order valence-electron chi connectivity index (χ4n) is 3.98. The SMILES string of the molecule is CC(C)NC(=O)N1CCN(C(=O)/C(C#N)=C2\SC=C(c3ccc(F)cc3)N2c2cccc(Cl)c2)CC1. The van der Waals surface area contributed by atoms with Crippen LogP contribution < -0.4 is 10.2 Å². The van der Waals surface area contributed by atoms with Crippen LogP contribution in [0, 0.1) is 17.1 Å². The maximum atomic E-state index is 13.6. The van der Waals surface area contributed by atoms with E-state index in [1.807, 2.05) is 25.3 Å². The number of thioether (sulfide) groups is 1. The molecular weight excluding hydrogens is 501 g/mol. The molecule has 7 nitrogen and oxygen atoms in total. The number of benzene rings is 2. The average molecular weight is 526 g/mol. The van der Waals surface area contributed by atoms with E-state index >= 15 is 0 Å². The molecule has 186 valence electrons. The summed E-state index contributed by atoms with van der Waals surface area (Å²) in [7, 11) is 0. The highest BCUT2D eigenvalue weighted by atomic mass is 35.5. The first-order valence-electron chi connectivity index (χ1n) is 11.5. The lowest BCUT2D eigenvalue weighted by Gasteiger charge is -2.35. The van der Waals surface area contributed by atoms with Gasteiger partial charge in [-0.1, -0.05) is 29.4 Å². The summed E-state index contributed by atoms with van der Waals surface area (Å²) < 4.78 is 13.6. The summed E-state index contributed by atoms with van der Waals surface area (Å²) in [6, 6.07) is 15.1. The number of carbonyl (C=O) groups is 2. The maximum Gasteiger partial charge on any atom is 0.317 e. The van der Waals surface area contributed by atoms with Gasteiger partial charge in [0.1, 0.15) is 22.5 Å². The van der Waals surface area contributed by atoms with Gasteiger partial charge in [-0.2, -0.15) is 5.26 Å². The van der Waals surface area contributed by atoms with Crippen molar-refractivity contribution in [3.63, 3.8) is 0 Å². The molecule has 0 bridgehead atoms. The van der Waals surface area contributed by atoms with Crippen molar-refractivity contribution < 1.29 is 14.0 Å². The second kappa shape index (κ2) is 11.1. The van der Waals surface area contributed by atoms with Crippen LogP contribution in [0.5, 0.6) is 0 Å². The van der Waals surface area contributed by atoms with Gasteiger partial charge in [-0.25, -0.2) is 9.18 Å². The Bertz CT molecular complexity index is 1260. The summed E-state index contributed by atoms with van der Waals surface area (Å²) in [6.07, 6.45) is 0. The minimum Gasteiger partial charge on any atom is -0.336 e. The predicted molar refractivity (Wildman–Crippen MR) is 140 cm³/mol. The van der Waals surface area contributed by atoms with Crippen molar-refractivity contribution in [2.24, 2.45) is 0 Å². The first-order valence-corrected chi connectivity index (χ1v) is 12.7. The van der Waals surface area contributed by atoms with Crippen LogP contribution in [0.25, 0.3) is 5.70 Å². The summed E-state index contributed by atoms with van der Waals surface area (Å²) in [5, 5.41) is 15.7. The number of urea groups is 1. The van der Waals surface area contributed by atoms with Crippen molar-refractivity contribution in [3.05, 3.63) is 80.9 Å². The van der Waals surface area contributed by atoms with Crippen LogP contribution in [0.1, 0.15) is 19.4 Å². The minimum atomic E-state index is -0.398. The molecule has 3 amide bonds. The summed E-state index contributed by atoms with van der Waals surface area (Å²) >= 11 is 7.52. The Morgan fingerprint density at radius 1 is 1.08 bits per heavy atom. The minimum absolute atomic E-state index is 0.00609. The molecule has 4 rings (SSSR count). The van der Waals surface area contributed by atoms with Crippen molar-refractivity contribution >= 4 is 46.7 Å². The van der Waals surface area contributed by atoms with Gasteiger partial charge in [-0.3, -0.25) is 4.79 Å². The molecule has 2 heterocycles. The van der Waals surface area contributed by atoms with Crippen molar-refractivity contribution in [1.82, 2.24) is 15.1 Å². The summed E-state index contributed by atoms with van der Waals surface area (Å²) in [4.78, 5) is 30.9. The van der Waals surface area contributed by atoms with Crippen LogP contribution in [0.15, 0.2) is 64.5 Å². The molecule has 0 unspecified atom stereocenters. The van der Waals surface area contributed by atoms with Crippen LogP contribution in [-0.2, 0) is 4.79 Å². The number of halogens is 2. The van der Waals surface area contributed by atoms with Crippen LogP contribution >= 0.6 is 23.4 Å².